The molecular weight excluding hydrogens is 430 g/mol. The van der Waals surface area contributed by atoms with Gasteiger partial charge in [-0.1, -0.05) is 42.5 Å². The van der Waals surface area contributed by atoms with Crippen LogP contribution in [0.1, 0.15) is 50.8 Å². The molecule has 182 valence electrons. The molecule has 4 rings (SSSR count). The summed E-state index contributed by atoms with van der Waals surface area (Å²) in [6.07, 6.45) is 1.61. The summed E-state index contributed by atoms with van der Waals surface area (Å²) in [6.45, 7) is 7.10. The topological polar surface area (TPSA) is 71.1 Å². The maximum atomic E-state index is 14.0. The van der Waals surface area contributed by atoms with Crippen LogP contribution in [-0.4, -0.2) is 59.7 Å². The molecule has 1 saturated heterocycles. The van der Waals surface area contributed by atoms with Gasteiger partial charge < -0.3 is 19.7 Å². The number of carbonyl (C=O) groups is 2. The molecular formula is C27H35N3O4. The molecule has 7 nitrogen and oxygen atoms in total. The van der Waals surface area contributed by atoms with Crippen LogP contribution >= 0.6 is 0 Å². The summed E-state index contributed by atoms with van der Waals surface area (Å²) >= 11 is 0. The molecule has 2 aromatic carbocycles. The van der Waals surface area contributed by atoms with Crippen LogP contribution in [0.5, 0.6) is 5.75 Å². The van der Waals surface area contributed by atoms with Crippen molar-refractivity contribution in [3.05, 3.63) is 65.7 Å². The fourth-order valence-corrected chi connectivity index (χ4v) is 4.42. The van der Waals surface area contributed by atoms with Crippen molar-refractivity contribution < 1.29 is 19.1 Å². The Morgan fingerprint density at radius 3 is 2.32 bits per heavy atom. The van der Waals surface area contributed by atoms with E-state index in [2.05, 4.69) is 5.32 Å². The average molecular weight is 466 g/mol. The van der Waals surface area contributed by atoms with Gasteiger partial charge in [0.25, 0.3) is 0 Å². The molecule has 0 spiro atoms. The highest BCUT2D eigenvalue weighted by Gasteiger charge is 2.45. The van der Waals surface area contributed by atoms with E-state index in [-0.39, 0.29) is 11.9 Å². The van der Waals surface area contributed by atoms with Gasteiger partial charge in [0.1, 0.15) is 17.4 Å². The van der Waals surface area contributed by atoms with Crippen LogP contribution in [0.2, 0.25) is 0 Å². The molecule has 1 N–H and O–H groups in total. The third-order valence-corrected chi connectivity index (χ3v) is 6.19. The lowest BCUT2D eigenvalue weighted by atomic mass is 9.94. The summed E-state index contributed by atoms with van der Waals surface area (Å²) < 4.78 is 11.0. The van der Waals surface area contributed by atoms with E-state index in [4.69, 9.17) is 9.47 Å². The van der Waals surface area contributed by atoms with E-state index < -0.39 is 23.8 Å². The molecule has 2 aromatic rings. The molecule has 1 saturated carbocycles. The van der Waals surface area contributed by atoms with Gasteiger partial charge in [0.2, 0.25) is 5.91 Å². The van der Waals surface area contributed by atoms with Crippen LogP contribution in [-0.2, 0) is 16.1 Å². The van der Waals surface area contributed by atoms with Crippen molar-refractivity contribution in [3.8, 4) is 5.75 Å². The van der Waals surface area contributed by atoms with Crippen LogP contribution in [0, 0.1) is 0 Å². The molecule has 2 amide bonds. The number of hydrogen-bond acceptors (Lipinski definition) is 5. The van der Waals surface area contributed by atoms with E-state index in [1.165, 1.54) is 0 Å². The second-order valence-corrected chi connectivity index (χ2v) is 10.0. The number of carbonyl (C=O) groups excluding carboxylic acids is 2. The fraction of sp³-hybridized carbons (Fsp3) is 0.481. The van der Waals surface area contributed by atoms with E-state index >= 15 is 0 Å². The van der Waals surface area contributed by atoms with Gasteiger partial charge in [-0.2, -0.15) is 0 Å². The second kappa shape index (κ2) is 10.1. The SMILES string of the molecule is COc1ccc(C2C(C(=O)N(Cc3ccccc3)C3CC3)NCCN2C(=O)OC(C)(C)C)cc1. The smallest absolute Gasteiger partial charge is 0.410 e. The minimum Gasteiger partial charge on any atom is -0.497 e. The van der Waals surface area contributed by atoms with Crippen LogP contribution in [0.25, 0.3) is 0 Å². The first kappa shape index (κ1) is 24.1. The number of benzene rings is 2. The van der Waals surface area contributed by atoms with E-state index in [1.807, 2.05) is 80.3 Å². The van der Waals surface area contributed by atoms with Gasteiger partial charge in [0, 0.05) is 25.7 Å². The first-order valence-corrected chi connectivity index (χ1v) is 12.0. The fourth-order valence-electron chi connectivity index (χ4n) is 4.42. The third kappa shape index (κ3) is 5.70. The molecule has 2 fully saturated rings. The Morgan fingerprint density at radius 1 is 1.06 bits per heavy atom. The predicted molar refractivity (Wildman–Crippen MR) is 130 cm³/mol. The minimum atomic E-state index is -0.626. The van der Waals surface area contributed by atoms with Crippen molar-refractivity contribution in [3.63, 3.8) is 0 Å². The minimum absolute atomic E-state index is 0.0143. The molecule has 0 aromatic heterocycles. The van der Waals surface area contributed by atoms with E-state index in [1.54, 1.807) is 12.0 Å². The number of piperazine rings is 1. The summed E-state index contributed by atoms with van der Waals surface area (Å²) in [5.41, 5.74) is 1.34. The molecule has 1 aliphatic carbocycles. The molecule has 1 aliphatic heterocycles. The van der Waals surface area contributed by atoms with E-state index in [0.29, 0.717) is 19.6 Å². The number of rotatable bonds is 6. The zero-order valence-electron chi connectivity index (χ0n) is 20.5. The monoisotopic (exact) mass is 465 g/mol. The van der Waals surface area contributed by atoms with Crippen LogP contribution in [0.4, 0.5) is 4.79 Å². The molecule has 34 heavy (non-hydrogen) atoms. The molecule has 2 atom stereocenters. The zero-order valence-corrected chi connectivity index (χ0v) is 20.5. The first-order chi connectivity index (χ1) is 16.3. The Labute approximate surface area is 202 Å². The normalized spacial score (nSPS) is 20.5. The maximum absolute atomic E-state index is 14.0. The predicted octanol–water partition coefficient (Wildman–Crippen LogP) is 4.14. The lowest BCUT2D eigenvalue weighted by Crippen LogP contribution is -2.61. The van der Waals surface area contributed by atoms with Crippen molar-refractivity contribution in [2.45, 2.75) is 63.9 Å². The summed E-state index contributed by atoms with van der Waals surface area (Å²) in [4.78, 5) is 30.9. The van der Waals surface area contributed by atoms with Crippen molar-refractivity contribution in [1.29, 1.82) is 0 Å². The van der Waals surface area contributed by atoms with Gasteiger partial charge in [-0.05, 0) is 56.9 Å². The molecule has 2 aliphatic rings. The van der Waals surface area contributed by atoms with E-state index in [0.717, 1.165) is 29.7 Å². The van der Waals surface area contributed by atoms with Crippen molar-refractivity contribution in [2.24, 2.45) is 0 Å². The van der Waals surface area contributed by atoms with Crippen LogP contribution in [0.3, 0.4) is 0 Å². The Morgan fingerprint density at radius 2 is 1.74 bits per heavy atom. The second-order valence-electron chi connectivity index (χ2n) is 10.0. The number of nitrogens with one attached hydrogen (secondary N) is 1. The van der Waals surface area contributed by atoms with Gasteiger partial charge in [-0.3, -0.25) is 9.69 Å². The number of nitrogens with zero attached hydrogens (tertiary/aromatic N) is 2. The van der Waals surface area contributed by atoms with Gasteiger partial charge >= 0.3 is 6.09 Å². The van der Waals surface area contributed by atoms with Crippen molar-refractivity contribution in [2.75, 3.05) is 20.2 Å². The highest BCUT2D eigenvalue weighted by molar-refractivity contribution is 5.85. The molecule has 7 heteroatoms. The maximum Gasteiger partial charge on any atom is 0.410 e. The molecule has 1 heterocycles. The Balaban J connectivity index is 1.66. The Hall–Kier alpha value is -3.06. The van der Waals surface area contributed by atoms with Gasteiger partial charge in [-0.25, -0.2) is 4.79 Å². The molecule has 2 unspecified atom stereocenters. The van der Waals surface area contributed by atoms with E-state index in [9.17, 15) is 9.59 Å². The summed E-state index contributed by atoms with van der Waals surface area (Å²) in [7, 11) is 1.62. The standard InChI is InChI=1S/C27H35N3O4/c1-27(2,3)34-26(32)29-17-16-28-23(24(29)20-10-14-22(33-4)15-11-20)25(31)30(21-12-13-21)18-19-8-6-5-7-9-19/h5-11,14-15,21,23-24,28H,12-13,16-18H2,1-4H3. The molecule has 0 radical (unpaired) electrons. The lowest BCUT2D eigenvalue weighted by Gasteiger charge is -2.43. The zero-order chi connectivity index (χ0) is 24.3. The van der Waals surface area contributed by atoms with Gasteiger partial charge in [0.15, 0.2) is 0 Å². The van der Waals surface area contributed by atoms with Crippen LogP contribution in [0.15, 0.2) is 54.6 Å². The van der Waals surface area contributed by atoms with Crippen LogP contribution < -0.4 is 10.1 Å². The Bertz CT molecular complexity index is 983. The first-order valence-electron chi connectivity index (χ1n) is 12.0. The Kier molecular flexibility index (Phi) is 7.12. The highest BCUT2D eigenvalue weighted by Crippen LogP contribution is 2.34. The quantitative estimate of drug-likeness (QED) is 0.694. The number of ether oxygens (including phenoxy) is 2. The molecule has 0 bridgehead atoms. The number of hydrogen-bond donors (Lipinski definition) is 1. The summed E-state index contributed by atoms with van der Waals surface area (Å²) in [5.74, 6) is 0.739. The third-order valence-electron chi connectivity index (χ3n) is 6.19. The van der Waals surface area contributed by atoms with Crippen molar-refractivity contribution in [1.82, 2.24) is 15.1 Å². The number of amides is 2. The van der Waals surface area contributed by atoms with Gasteiger partial charge in [0.05, 0.1) is 13.2 Å². The lowest BCUT2D eigenvalue weighted by molar-refractivity contribution is -0.137. The number of methoxy groups -OCH3 is 1. The van der Waals surface area contributed by atoms with Gasteiger partial charge in [-0.15, -0.1) is 0 Å². The average Bonchev–Trinajstić information content (AvgIpc) is 3.66. The highest BCUT2D eigenvalue weighted by atomic mass is 16.6. The summed E-state index contributed by atoms with van der Waals surface area (Å²) in [5, 5.41) is 3.42. The summed E-state index contributed by atoms with van der Waals surface area (Å²) in [6, 6.07) is 16.8. The largest absolute Gasteiger partial charge is 0.497 e. The van der Waals surface area contributed by atoms with Crippen molar-refractivity contribution >= 4 is 12.0 Å².